The van der Waals surface area contributed by atoms with Crippen molar-refractivity contribution in [2.75, 3.05) is 0 Å². The summed E-state index contributed by atoms with van der Waals surface area (Å²) in [7, 11) is 0. The number of Topliss-reactive ketones (excluding diaryl/α,β-unsaturated/α-hetero) is 1. The molecule has 1 aromatic carbocycles. The lowest BCUT2D eigenvalue weighted by atomic mass is 9.83. The predicted molar refractivity (Wildman–Crippen MR) is 147 cm³/mol. The Morgan fingerprint density at radius 3 is 2.65 bits per heavy atom. The molecule has 1 aromatic heterocycles. The van der Waals surface area contributed by atoms with Gasteiger partial charge < -0.3 is 15.4 Å². The Morgan fingerprint density at radius 1 is 1.14 bits per heavy atom. The fraction of sp³-hybridized carbons (Fsp3) is 0.481. The highest BCUT2D eigenvalue weighted by atomic mass is 32.2. The molecule has 198 valence electrons. The number of ether oxygens (including phenoxy) is 1. The smallest absolute Gasteiger partial charge is 0.270 e. The summed E-state index contributed by atoms with van der Waals surface area (Å²) >= 11 is 3.08. The van der Waals surface area contributed by atoms with Gasteiger partial charge >= 0.3 is 0 Å². The highest BCUT2D eigenvalue weighted by Crippen LogP contribution is 2.26. The van der Waals surface area contributed by atoms with Crippen LogP contribution in [0.3, 0.4) is 0 Å². The molecular weight excluding hydrogens is 508 g/mol. The highest BCUT2D eigenvalue weighted by Gasteiger charge is 2.38. The molecule has 0 spiro atoms. The molecule has 1 aliphatic heterocycles. The molecule has 2 heterocycles. The van der Waals surface area contributed by atoms with E-state index in [0.29, 0.717) is 29.4 Å². The predicted octanol–water partition coefficient (Wildman–Crippen LogP) is 4.29. The molecule has 37 heavy (non-hydrogen) atoms. The van der Waals surface area contributed by atoms with E-state index in [4.69, 9.17) is 4.74 Å². The maximum Gasteiger partial charge on any atom is 0.270 e. The molecule has 2 amide bonds. The van der Waals surface area contributed by atoms with Crippen LogP contribution in [0, 0.1) is 11.8 Å². The summed E-state index contributed by atoms with van der Waals surface area (Å²) in [5, 5.41) is 12.6. The Hall–Kier alpha value is -2.85. The summed E-state index contributed by atoms with van der Waals surface area (Å²) in [5.41, 5.74) is 3.35. The molecule has 4 rings (SSSR count). The summed E-state index contributed by atoms with van der Waals surface area (Å²) in [6.07, 6.45) is 2.79. The lowest BCUT2D eigenvalue weighted by Crippen LogP contribution is -2.54. The third-order valence-corrected chi connectivity index (χ3v) is 8.44. The van der Waals surface area contributed by atoms with E-state index in [1.807, 2.05) is 49.6 Å². The first kappa shape index (κ1) is 27.2. The number of thiophene rings is 1. The molecule has 0 radical (unpaired) electrons. The number of carbonyl (C=O) groups excluding carboxylic acids is 3. The van der Waals surface area contributed by atoms with Gasteiger partial charge in [0.1, 0.15) is 0 Å². The Morgan fingerprint density at radius 2 is 1.92 bits per heavy atom. The molecule has 0 saturated heterocycles. The van der Waals surface area contributed by atoms with Gasteiger partial charge in [-0.05, 0) is 48.8 Å². The molecule has 3 N–H and O–H groups in total. The number of thioether (sulfide) groups is 1. The molecule has 4 atom stereocenters. The van der Waals surface area contributed by atoms with Gasteiger partial charge in [-0.15, -0.1) is 16.4 Å². The molecule has 0 bridgehead atoms. The van der Waals surface area contributed by atoms with Crippen molar-refractivity contribution in [2.45, 2.75) is 70.0 Å². The second-order valence-electron chi connectivity index (χ2n) is 9.80. The standard InChI is InChI=1S/C27H34N4O4S2/c1-17(2)15-22(23(32)26-30-31-27(35-26)37-16-19-11-8-14-36-19)29-25(34)20-12-6-7-13-21(20)28-24(33)18-9-4-3-5-10-18/h3-5,8-11,14,17,20-22,26,30H,6-7,12-13,15-16H2,1-2H3,(H,28,33)(H,29,34)/t20-,21+,22?,26+/m1/s1. The number of nitrogens with one attached hydrogen (secondary N) is 3. The van der Waals surface area contributed by atoms with Gasteiger partial charge in [-0.2, -0.15) is 0 Å². The topological polar surface area (TPSA) is 109 Å². The molecule has 10 heteroatoms. The SMILES string of the molecule is CC(C)CC(NC(=O)[C@@H]1CCCC[C@@H]1NC(=O)c1ccccc1)C(=O)[C@H]1NN=C(SCc2cccs2)O1. The van der Waals surface area contributed by atoms with Crippen LogP contribution in [0.1, 0.15) is 61.2 Å². The van der Waals surface area contributed by atoms with Crippen molar-refractivity contribution in [3.05, 3.63) is 58.3 Å². The molecule has 1 unspecified atom stereocenters. The van der Waals surface area contributed by atoms with Crippen molar-refractivity contribution < 1.29 is 19.1 Å². The van der Waals surface area contributed by atoms with Crippen LogP contribution < -0.4 is 16.1 Å². The minimum atomic E-state index is -0.935. The third-order valence-electron chi connectivity index (χ3n) is 6.49. The van der Waals surface area contributed by atoms with Crippen LogP contribution in [0.25, 0.3) is 0 Å². The lowest BCUT2D eigenvalue weighted by molar-refractivity contribution is -0.135. The third kappa shape index (κ3) is 7.58. The quantitative estimate of drug-likeness (QED) is 0.413. The number of ketones is 1. The first-order chi connectivity index (χ1) is 17.9. The number of hydrogen-bond acceptors (Lipinski definition) is 8. The van der Waals surface area contributed by atoms with Gasteiger partial charge in [0.25, 0.3) is 11.1 Å². The van der Waals surface area contributed by atoms with Crippen molar-refractivity contribution in [3.63, 3.8) is 0 Å². The zero-order valence-corrected chi connectivity index (χ0v) is 22.8. The van der Waals surface area contributed by atoms with E-state index < -0.39 is 18.2 Å². The average molecular weight is 543 g/mol. The van der Waals surface area contributed by atoms with E-state index >= 15 is 0 Å². The summed E-state index contributed by atoms with van der Waals surface area (Å²) in [4.78, 5) is 40.7. The van der Waals surface area contributed by atoms with Crippen LogP contribution in [0.5, 0.6) is 0 Å². The van der Waals surface area contributed by atoms with Crippen molar-refractivity contribution in [1.82, 2.24) is 16.1 Å². The molecule has 2 aliphatic rings. The average Bonchev–Trinajstić information content (AvgIpc) is 3.59. The minimum Gasteiger partial charge on any atom is -0.439 e. The van der Waals surface area contributed by atoms with Gasteiger partial charge in [0, 0.05) is 22.2 Å². The number of hydrogen-bond donors (Lipinski definition) is 3. The first-order valence-corrected chi connectivity index (χ1v) is 14.6. The van der Waals surface area contributed by atoms with Crippen molar-refractivity contribution in [1.29, 1.82) is 0 Å². The fourth-order valence-corrected chi connectivity index (χ4v) is 6.20. The normalized spacial score (nSPS) is 21.9. The Labute approximate surface area is 226 Å². The first-order valence-electron chi connectivity index (χ1n) is 12.8. The Balaban J connectivity index is 1.36. The van der Waals surface area contributed by atoms with E-state index in [0.717, 1.165) is 19.3 Å². The number of carbonyl (C=O) groups is 3. The number of benzene rings is 1. The largest absolute Gasteiger partial charge is 0.439 e. The van der Waals surface area contributed by atoms with E-state index in [1.165, 1.54) is 16.6 Å². The Kier molecular flexibility index (Phi) is 9.62. The second-order valence-corrected chi connectivity index (χ2v) is 11.8. The van der Waals surface area contributed by atoms with E-state index in [2.05, 4.69) is 21.2 Å². The van der Waals surface area contributed by atoms with Crippen molar-refractivity contribution in [2.24, 2.45) is 16.9 Å². The van der Waals surface area contributed by atoms with Crippen molar-refractivity contribution in [3.8, 4) is 0 Å². The monoisotopic (exact) mass is 542 g/mol. The van der Waals surface area contributed by atoms with Gasteiger partial charge in [-0.3, -0.25) is 19.8 Å². The lowest BCUT2D eigenvalue weighted by Gasteiger charge is -2.33. The van der Waals surface area contributed by atoms with Crippen LogP contribution in [-0.4, -0.2) is 41.1 Å². The number of rotatable bonds is 10. The van der Waals surface area contributed by atoms with Gasteiger partial charge in [0.15, 0.2) is 0 Å². The van der Waals surface area contributed by atoms with Crippen LogP contribution in [0.15, 0.2) is 52.9 Å². The second kappa shape index (κ2) is 13.1. The van der Waals surface area contributed by atoms with Crippen LogP contribution in [0.2, 0.25) is 0 Å². The number of hydrazone groups is 1. The summed E-state index contributed by atoms with van der Waals surface area (Å²) < 4.78 is 5.78. The van der Waals surface area contributed by atoms with Crippen LogP contribution in [-0.2, 0) is 20.1 Å². The molecular formula is C27H34N4O4S2. The molecule has 1 fully saturated rings. The maximum absolute atomic E-state index is 13.4. The van der Waals surface area contributed by atoms with Crippen LogP contribution in [0.4, 0.5) is 0 Å². The maximum atomic E-state index is 13.4. The highest BCUT2D eigenvalue weighted by molar-refractivity contribution is 8.12. The Bertz CT molecular complexity index is 1090. The molecule has 2 aromatic rings. The fourth-order valence-electron chi connectivity index (χ4n) is 4.62. The molecule has 1 aliphatic carbocycles. The summed E-state index contributed by atoms with van der Waals surface area (Å²) in [6, 6.07) is 12.1. The van der Waals surface area contributed by atoms with Gasteiger partial charge in [0.2, 0.25) is 17.9 Å². The van der Waals surface area contributed by atoms with Crippen molar-refractivity contribution >= 4 is 45.9 Å². The van der Waals surface area contributed by atoms with Gasteiger partial charge in [-0.1, -0.05) is 62.7 Å². The molecule has 8 nitrogen and oxygen atoms in total. The van der Waals surface area contributed by atoms with Gasteiger partial charge in [-0.25, -0.2) is 0 Å². The summed E-state index contributed by atoms with van der Waals surface area (Å²) in [5.74, 6) is -0.142. The zero-order valence-electron chi connectivity index (χ0n) is 21.1. The minimum absolute atomic E-state index is 0.184. The zero-order chi connectivity index (χ0) is 26.2. The number of amides is 2. The van der Waals surface area contributed by atoms with E-state index in [-0.39, 0.29) is 29.6 Å². The van der Waals surface area contributed by atoms with Crippen LogP contribution >= 0.6 is 23.1 Å². The van der Waals surface area contributed by atoms with Gasteiger partial charge in [0.05, 0.1) is 12.0 Å². The summed E-state index contributed by atoms with van der Waals surface area (Å²) in [6.45, 7) is 4.02. The van der Waals surface area contributed by atoms with E-state index in [9.17, 15) is 14.4 Å². The number of nitrogens with zero attached hydrogens (tertiary/aromatic N) is 1. The molecule has 1 saturated carbocycles. The van der Waals surface area contributed by atoms with E-state index in [1.54, 1.807) is 23.5 Å².